The minimum absolute atomic E-state index is 0.0185. The molecule has 1 aliphatic rings. The Hall–Kier alpha value is -0.490. The van der Waals surface area contributed by atoms with Gasteiger partial charge in [-0.05, 0) is 30.3 Å². The van der Waals surface area contributed by atoms with E-state index in [1.54, 1.807) is 0 Å². The molecule has 0 aliphatic heterocycles. The minimum Gasteiger partial charge on any atom is -0.345 e. The summed E-state index contributed by atoms with van der Waals surface area (Å²) in [6.45, 7) is 4.06. The number of amides is 1. The van der Waals surface area contributed by atoms with Gasteiger partial charge >= 0.3 is 0 Å². The van der Waals surface area contributed by atoms with Crippen molar-refractivity contribution in [3.8, 4) is 0 Å². The second kappa shape index (κ2) is 5.65. The lowest BCUT2D eigenvalue weighted by molar-refractivity contribution is 0.0913. The van der Waals surface area contributed by atoms with E-state index in [0.717, 1.165) is 23.9 Å². The number of hydrogen-bond acceptors (Lipinski definition) is 4. The second-order valence-electron chi connectivity index (χ2n) is 5.22. The van der Waals surface area contributed by atoms with Gasteiger partial charge in [0.05, 0.1) is 11.2 Å². The Kier molecular flexibility index (Phi) is 4.37. The summed E-state index contributed by atoms with van der Waals surface area (Å²) in [5, 5.41) is 8.05. The molecule has 2 rings (SSSR count). The van der Waals surface area contributed by atoms with E-state index < -0.39 is 0 Å². The van der Waals surface area contributed by atoms with Gasteiger partial charge in [-0.1, -0.05) is 47.1 Å². The van der Waals surface area contributed by atoms with Gasteiger partial charge in [-0.2, -0.15) is 0 Å². The number of carbonyl (C=O) groups excluding carboxylic acids is 1. The molecule has 0 atom stereocenters. The van der Waals surface area contributed by atoms with Crippen LogP contribution in [0, 0.1) is 0 Å². The first-order valence-corrected chi connectivity index (χ1v) is 8.18. The Morgan fingerprint density at radius 1 is 1.50 bits per heavy atom. The Balaban J connectivity index is 2.14. The van der Waals surface area contributed by atoms with Crippen LogP contribution in [0.3, 0.4) is 0 Å². The van der Waals surface area contributed by atoms with E-state index in [-0.39, 0.29) is 17.4 Å². The minimum atomic E-state index is -0.0741. The summed E-state index contributed by atoms with van der Waals surface area (Å²) >= 11 is 4.72. The molecule has 1 heterocycles. The molecule has 1 amide bonds. The molecule has 100 valence electrons. The van der Waals surface area contributed by atoms with Gasteiger partial charge in [-0.25, -0.2) is 0 Å². The molecule has 0 aromatic carbocycles. The van der Waals surface area contributed by atoms with Gasteiger partial charge in [0.2, 0.25) is 0 Å². The second-order valence-corrected chi connectivity index (χ2v) is 6.53. The zero-order chi connectivity index (χ0) is 13.2. The summed E-state index contributed by atoms with van der Waals surface area (Å²) in [6.07, 6.45) is 4.47. The summed E-state index contributed by atoms with van der Waals surface area (Å²) < 4.78 is 3.91. The van der Waals surface area contributed by atoms with Crippen molar-refractivity contribution in [2.45, 2.75) is 51.0 Å². The number of aromatic nitrogens is 2. The third-order valence-corrected chi connectivity index (χ3v) is 5.28. The van der Waals surface area contributed by atoms with Crippen molar-refractivity contribution >= 4 is 33.4 Å². The molecule has 1 saturated carbocycles. The van der Waals surface area contributed by atoms with E-state index in [9.17, 15) is 4.79 Å². The van der Waals surface area contributed by atoms with Crippen molar-refractivity contribution in [3.05, 3.63) is 10.6 Å². The van der Waals surface area contributed by atoms with E-state index >= 15 is 0 Å². The zero-order valence-electron chi connectivity index (χ0n) is 10.7. The lowest BCUT2D eigenvalue weighted by Gasteiger charge is -2.27. The van der Waals surface area contributed by atoms with Crippen LogP contribution in [0.5, 0.6) is 0 Å². The van der Waals surface area contributed by atoms with Crippen LogP contribution >= 0.6 is 27.5 Å². The molecule has 0 spiro atoms. The third kappa shape index (κ3) is 2.74. The number of nitrogens with zero attached hydrogens (tertiary/aromatic N) is 2. The van der Waals surface area contributed by atoms with Crippen molar-refractivity contribution in [2.24, 2.45) is 0 Å². The van der Waals surface area contributed by atoms with Crippen molar-refractivity contribution in [3.63, 3.8) is 0 Å². The summed E-state index contributed by atoms with van der Waals surface area (Å²) in [4.78, 5) is 13.0. The molecule has 1 aromatic rings. The Bertz CT molecular complexity index is 427. The monoisotopic (exact) mass is 331 g/mol. The van der Waals surface area contributed by atoms with Crippen LogP contribution in [0.15, 0.2) is 0 Å². The van der Waals surface area contributed by atoms with Gasteiger partial charge in [-0.15, -0.1) is 5.10 Å². The molecule has 0 unspecified atom stereocenters. The van der Waals surface area contributed by atoms with E-state index in [1.807, 2.05) is 13.8 Å². The first-order chi connectivity index (χ1) is 8.58. The molecule has 1 aromatic heterocycles. The van der Waals surface area contributed by atoms with Crippen LogP contribution in [-0.4, -0.2) is 26.4 Å². The van der Waals surface area contributed by atoms with E-state index in [2.05, 4.69) is 30.8 Å². The smallest absolute Gasteiger partial charge is 0.265 e. The van der Waals surface area contributed by atoms with Crippen LogP contribution in [0.2, 0.25) is 0 Å². The van der Waals surface area contributed by atoms with E-state index in [1.165, 1.54) is 24.4 Å². The van der Waals surface area contributed by atoms with Crippen molar-refractivity contribution < 1.29 is 4.79 Å². The number of hydrogen-bond donors (Lipinski definition) is 1. The quantitative estimate of drug-likeness (QED) is 0.862. The fraction of sp³-hybridized carbons (Fsp3) is 0.750. The van der Waals surface area contributed by atoms with Crippen molar-refractivity contribution in [2.75, 3.05) is 5.33 Å². The van der Waals surface area contributed by atoms with Gasteiger partial charge in [0.25, 0.3) is 5.91 Å². The fourth-order valence-electron chi connectivity index (χ4n) is 2.37. The topological polar surface area (TPSA) is 54.9 Å². The SMILES string of the molecule is CC(C)c1nnsc1C(=O)NC1(CBr)CCCC1. The highest BCUT2D eigenvalue weighted by atomic mass is 79.9. The Labute approximate surface area is 120 Å². The van der Waals surface area contributed by atoms with Gasteiger partial charge in [0.1, 0.15) is 4.88 Å². The zero-order valence-corrected chi connectivity index (χ0v) is 13.1. The van der Waals surface area contributed by atoms with E-state index in [4.69, 9.17) is 0 Å². The third-order valence-electron chi connectivity index (χ3n) is 3.46. The Morgan fingerprint density at radius 3 is 2.72 bits per heavy atom. The van der Waals surface area contributed by atoms with Gasteiger partial charge in [0.15, 0.2) is 0 Å². The van der Waals surface area contributed by atoms with Gasteiger partial charge < -0.3 is 5.32 Å². The molecule has 18 heavy (non-hydrogen) atoms. The molecular weight excluding hydrogens is 314 g/mol. The maximum absolute atomic E-state index is 12.3. The highest BCUT2D eigenvalue weighted by molar-refractivity contribution is 9.09. The Morgan fingerprint density at radius 2 is 2.17 bits per heavy atom. The van der Waals surface area contributed by atoms with Crippen LogP contribution in [0.1, 0.15) is 60.8 Å². The van der Waals surface area contributed by atoms with E-state index in [0.29, 0.717) is 4.88 Å². The molecule has 0 radical (unpaired) electrons. The molecule has 1 N–H and O–H groups in total. The number of carbonyl (C=O) groups is 1. The van der Waals surface area contributed by atoms with Gasteiger partial charge in [-0.3, -0.25) is 4.79 Å². The largest absolute Gasteiger partial charge is 0.345 e. The average molecular weight is 332 g/mol. The molecule has 6 heteroatoms. The fourth-order valence-corrected chi connectivity index (χ4v) is 3.79. The lowest BCUT2D eigenvalue weighted by atomic mass is 10.00. The van der Waals surface area contributed by atoms with Crippen LogP contribution in [-0.2, 0) is 0 Å². The molecular formula is C12H18BrN3OS. The number of alkyl halides is 1. The number of halogens is 1. The highest BCUT2D eigenvalue weighted by Gasteiger charge is 2.35. The van der Waals surface area contributed by atoms with Crippen molar-refractivity contribution in [1.29, 1.82) is 0 Å². The first-order valence-electron chi connectivity index (χ1n) is 6.29. The van der Waals surface area contributed by atoms with Crippen LogP contribution in [0.4, 0.5) is 0 Å². The number of nitrogens with one attached hydrogen (secondary N) is 1. The van der Waals surface area contributed by atoms with Gasteiger partial charge in [0, 0.05) is 5.33 Å². The van der Waals surface area contributed by atoms with Crippen LogP contribution in [0.25, 0.3) is 0 Å². The van der Waals surface area contributed by atoms with Crippen LogP contribution < -0.4 is 5.32 Å². The predicted octanol–water partition coefficient (Wildman–Crippen LogP) is 3.10. The molecule has 1 fully saturated rings. The summed E-state index contributed by atoms with van der Waals surface area (Å²) in [7, 11) is 0. The lowest BCUT2D eigenvalue weighted by Crippen LogP contribution is -2.47. The maximum atomic E-state index is 12.3. The summed E-state index contributed by atoms with van der Waals surface area (Å²) in [5.41, 5.74) is 0.732. The summed E-state index contributed by atoms with van der Waals surface area (Å²) in [5.74, 6) is 0.211. The maximum Gasteiger partial charge on any atom is 0.265 e. The molecule has 4 nitrogen and oxygen atoms in total. The highest BCUT2D eigenvalue weighted by Crippen LogP contribution is 2.32. The molecule has 0 saturated heterocycles. The summed E-state index contributed by atoms with van der Waals surface area (Å²) in [6, 6.07) is 0. The number of rotatable bonds is 4. The normalized spacial score (nSPS) is 18.2. The molecule has 0 bridgehead atoms. The van der Waals surface area contributed by atoms with Crippen molar-refractivity contribution in [1.82, 2.24) is 14.9 Å². The molecule has 1 aliphatic carbocycles. The standard InChI is InChI=1S/C12H18BrN3OS/c1-8(2)9-10(18-16-15-9)11(17)14-12(7-13)5-3-4-6-12/h8H,3-7H2,1-2H3,(H,14,17). The first kappa shape index (κ1) is 13.9. The average Bonchev–Trinajstić information content (AvgIpc) is 2.97. The predicted molar refractivity (Wildman–Crippen MR) is 76.5 cm³/mol.